The van der Waals surface area contributed by atoms with Crippen LogP contribution in [0.4, 0.5) is 11.4 Å². The first kappa shape index (κ1) is 16.3. The summed E-state index contributed by atoms with van der Waals surface area (Å²) in [5.41, 5.74) is 2.38. The molecule has 2 aromatic rings. The lowest BCUT2D eigenvalue weighted by molar-refractivity contribution is 0.102. The molecule has 0 bridgehead atoms. The van der Waals surface area contributed by atoms with Crippen LogP contribution in [0.2, 0.25) is 5.02 Å². The number of amides is 1. The maximum atomic E-state index is 12.6. The van der Waals surface area contributed by atoms with Crippen molar-refractivity contribution >= 4 is 44.8 Å². The number of halogens is 2. The second-order valence-corrected chi connectivity index (χ2v) is 6.97. The monoisotopic (exact) mass is 392 g/mol. The highest BCUT2D eigenvalue weighted by atomic mass is 79.9. The van der Waals surface area contributed by atoms with Crippen LogP contribution in [0.5, 0.6) is 0 Å². The number of hydrogen-bond donors (Lipinski definition) is 1. The van der Waals surface area contributed by atoms with E-state index in [0.717, 1.165) is 28.9 Å². The molecule has 120 valence electrons. The zero-order valence-corrected chi connectivity index (χ0v) is 15.0. The first-order valence-corrected chi connectivity index (χ1v) is 8.92. The molecule has 5 heteroatoms. The van der Waals surface area contributed by atoms with Crippen molar-refractivity contribution in [2.24, 2.45) is 0 Å². The van der Waals surface area contributed by atoms with Crippen LogP contribution in [0.1, 0.15) is 29.6 Å². The maximum absolute atomic E-state index is 12.6. The van der Waals surface area contributed by atoms with Crippen LogP contribution in [0.25, 0.3) is 0 Å². The van der Waals surface area contributed by atoms with Gasteiger partial charge >= 0.3 is 0 Å². The van der Waals surface area contributed by atoms with Crippen molar-refractivity contribution in [2.45, 2.75) is 19.3 Å². The number of hydrogen-bond acceptors (Lipinski definition) is 2. The number of benzene rings is 2. The minimum absolute atomic E-state index is 0.188. The summed E-state index contributed by atoms with van der Waals surface area (Å²) in [4.78, 5) is 14.9. The molecule has 0 spiro atoms. The maximum Gasteiger partial charge on any atom is 0.257 e. The number of para-hydroxylation sites is 2. The molecular weight excluding hydrogens is 376 g/mol. The lowest BCUT2D eigenvalue weighted by Crippen LogP contribution is -2.30. The summed E-state index contributed by atoms with van der Waals surface area (Å²) in [5.74, 6) is -0.188. The zero-order valence-electron chi connectivity index (χ0n) is 12.7. The summed E-state index contributed by atoms with van der Waals surface area (Å²) in [6.07, 6.45) is 3.67. The fourth-order valence-electron chi connectivity index (χ4n) is 2.85. The van der Waals surface area contributed by atoms with Gasteiger partial charge in [-0.25, -0.2) is 0 Å². The van der Waals surface area contributed by atoms with Crippen molar-refractivity contribution in [3.05, 3.63) is 57.5 Å². The van der Waals surface area contributed by atoms with Crippen molar-refractivity contribution < 1.29 is 4.79 Å². The number of nitrogens with one attached hydrogen (secondary N) is 1. The molecule has 1 saturated heterocycles. The number of piperidine rings is 1. The molecule has 0 saturated carbocycles. The second-order valence-electron chi connectivity index (χ2n) is 5.64. The van der Waals surface area contributed by atoms with Crippen LogP contribution in [0.15, 0.2) is 46.9 Å². The molecular formula is C18H18BrClN2O. The molecule has 0 radical (unpaired) electrons. The molecule has 1 amide bonds. The molecule has 0 aliphatic carbocycles. The Balaban J connectivity index is 1.83. The van der Waals surface area contributed by atoms with Crippen LogP contribution >= 0.6 is 27.5 Å². The van der Waals surface area contributed by atoms with Crippen molar-refractivity contribution in [2.75, 3.05) is 23.3 Å². The summed E-state index contributed by atoms with van der Waals surface area (Å²) < 4.78 is 0.854. The fraction of sp³-hybridized carbons (Fsp3) is 0.278. The van der Waals surface area contributed by atoms with E-state index >= 15 is 0 Å². The van der Waals surface area contributed by atoms with Gasteiger partial charge in [0.2, 0.25) is 0 Å². The Morgan fingerprint density at radius 3 is 2.57 bits per heavy atom. The van der Waals surface area contributed by atoms with Gasteiger partial charge < -0.3 is 10.2 Å². The fourth-order valence-corrected chi connectivity index (χ4v) is 3.61. The normalized spacial score (nSPS) is 14.6. The lowest BCUT2D eigenvalue weighted by atomic mass is 10.1. The van der Waals surface area contributed by atoms with E-state index in [0.29, 0.717) is 10.6 Å². The van der Waals surface area contributed by atoms with Crippen LogP contribution in [0.3, 0.4) is 0 Å². The van der Waals surface area contributed by atoms with Gasteiger partial charge in [0.15, 0.2) is 0 Å². The number of nitrogens with zero attached hydrogens (tertiary/aromatic N) is 1. The number of carbonyl (C=O) groups is 1. The van der Waals surface area contributed by atoms with Crippen LogP contribution in [-0.2, 0) is 0 Å². The number of carbonyl (C=O) groups excluding carboxylic acids is 1. The highest BCUT2D eigenvalue weighted by molar-refractivity contribution is 9.10. The largest absolute Gasteiger partial charge is 0.370 e. The molecule has 1 fully saturated rings. The first-order chi connectivity index (χ1) is 11.1. The minimum atomic E-state index is -0.188. The molecule has 2 aromatic carbocycles. The third-order valence-corrected chi connectivity index (χ3v) is 4.83. The molecule has 1 aliphatic heterocycles. The van der Waals surface area contributed by atoms with Crippen LogP contribution < -0.4 is 10.2 Å². The van der Waals surface area contributed by atoms with Gasteiger partial charge in [-0.15, -0.1) is 0 Å². The van der Waals surface area contributed by atoms with Gasteiger partial charge in [0.05, 0.1) is 22.0 Å². The molecule has 23 heavy (non-hydrogen) atoms. The molecule has 1 N–H and O–H groups in total. The Morgan fingerprint density at radius 2 is 1.83 bits per heavy atom. The predicted molar refractivity (Wildman–Crippen MR) is 99.6 cm³/mol. The molecule has 0 atom stereocenters. The Hall–Kier alpha value is -1.52. The van der Waals surface area contributed by atoms with E-state index in [1.165, 1.54) is 19.3 Å². The predicted octanol–water partition coefficient (Wildman–Crippen LogP) is 5.35. The summed E-state index contributed by atoms with van der Waals surface area (Å²) in [6, 6.07) is 13.2. The van der Waals surface area contributed by atoms with E-state index < -0.39 is 0 Å². The van der Waals surface area contributed by atoms with Gasteiger partial charge in [0.25, 0.3) is 5.91 Å². The molecule has 3 nitrogen and oxygen atoms in total. The van der Waals surface area contributed by atoms with E-state index in [9.17, 15) is 4.79 Å². The lowest BCUT2D eigenvalue weighted by Gasteiger charge is -2.30. The topological polar surface area (TPSA) is 32.3 Å². The van der Waals surface area contributed by atoms with Crippen LogP contribution in [-0.4, -0.2) is 19.0 Å². The van der Waals surface area contributed by atoms with E-state index in [-0.39, 0.29) is 5.91 Å². The van der Waals surface area contributed by atoms with Crippen molar-refractivity contribution in [1.29, 1.82) is 0 Å². The summed E-state index contributed by atoms with van der Waals surface area (Å²) >= 11 is 9.53. The van der Waals surface area contributed by atoms with Gasteiger partial charge in [-0.2, -0.15) is 0 Å². The second kappa shape index (κ2) is 7.37. The third kappa shape index (κ3) is 3.88. The standard InChI is InChI=1S/C18H18BrClN2O/c19-13-8-9-14(15(20)12-13)18(23)21-16-6-2-3-7-17(16)22-10-4-1-5-11-22/h2-3,6-9,12H,1,4-5,10-11H2,(H,21,23). The molecule has 3 rings (SSSR count). The third-order valence-electron chi connectivity index (χ3n) is 4.02. The molecule has 1 aliphatic rings. The van der Waals surface area contributed by atoms with E-state index in [4.69, 9.17) is 11.6 Å². The van der Waals surface area contributed by atoms with E-state index in [1.807, 2.05) is 24.3 Å². The van der Waals surface area contributed by atoms with Crippen molar-refractivity contribution in [3.8, 4) is 0 Å². The first-order valence-electron chi connectivity index (χ1n) is 7.75. The van der Waals surface area contributed by atoms with Gasteiger partial charge in [0.1, 0.15) is 0 Å². The quantitative estimate of drug-likeness (QED) is 0.763. The van der Waals surface area contributed by atoms with Gasteiger partial charge in [-0.3, -0.25) is 4.79 Å². The Labute approximate surface area is 149 Å². The van der Waals surface area contributed by atoms with E-state index in [2.05, 4.69) is 32.2 Å². The average molecular weight is 394 g/mol. The Morgan fingerprint density at radius 1 is 1.09 bits per heavy atom. The Bertz CT molecular complexity index is 714. The average Bonchev–Trinajstić information content (AvgIpc) is 2.56. The zero-order chi connectivity index (χ0) is 16.2. The van der Waals surface area contributed by atoms with Gasteiger partial charge in [-0.1, -0.05) is 39.7 Å². The number of rotatable bonds is 3. The molecule has 0 unspecified atom stereocenters. The Kier molecular flexibility index (Phi) is 5.23. The van der Waals surface area contributed by atoms with Gasteiger partial charge in [0, 0.05) is 17.6 Å². The van der Waals surface area contributed by atoms with E-state index in [1.54, 1.807) is 12.1 Å². The van der Waals surface area contributed by atoms with Crippen molar-refractivity contribution in [1.82, 2.24) is 0 Å². The molecule has 0 aromatic heterocycles. The highest BCUT2D eigenvalue weighted by Crippen LogP contribution is 2.29. The smallest absolute Gasteiger partial charge is 0.257 e. The molecule has 1 heterocycles. The highest BCUT2D eigenvalue weighted by Gasteiger charge is 2.17. The summed E-state index contributed by atoms with van der Waals surface area (Å²) in [5, 5.41) is 3.44. The number of anilines is 2. The SMILES string of the molecule is O=C(Nc1ccccc1N1CCCCC1)c1ccc(Br)cc1Cl. The van der Waals surface area contributed by atoms with Gasteiger partial charge in [-0.05, 0) is 49.6 Å². The van der Waals surface area contributed by atoms with Crippen molar-refractivity contribution in [3.63, 3.8) is 0 Å². The summed E-state index contributed by atoms with van der Waals surface area (Å²) in [7, 11) is 0. The minimum Gasteiger partial charge on any atom is -0.370 e. The van der Waals surface area contributed by atoms with Crippen LogP contribution in [0, 0.1) is 0 Å². The summed E-state index contributed by atoms with van der Waals surface area (Å²) in [6.45, 7) is 2.07.